The lowest BCUT2D eigenvalue weighted by molar-refractivity contribution is 0.413. The van der Waals surface area contributed by atoms with Crippen LogP contribution >= 0.6 is 11.3 Å². The van der Waals surface area contributed by atoms with Gasteiger partial charge in [-0.25, -0.2) is 4.98 Å². The fourth-order valence-electron chi connectivity index (χ4n) is 1.61. The molecule has 1 aromatic carbocycles. The Kier molecular flexibility index (Phi) is 4.12. The standard InChI is InChI=1S/C13H16N2OS/c1-10(14-7-12-8-17-9-15-12)11-4-3-5-13(6-11)16-2/h3-6,8-10,14H,7H2,1-2H3/t10-/m1/s1. The second-order valence-corrected chi connectivity index (χ2v) is 4.58. The van der Waals surface area contributed by atoms with Crippen LogP contribution < -0.4 is 10.1 Å². The number of rotatable bonds is 5. The van der Waals surface area contributed by atoms with Crippen molar-refractivity contribution < 1.29 is 4.74 Å². The number of thiazole rings is 1. The van der Waals surface area contributed by atoms with E-state index in [1.54, 1.807) is 18.4 Å². The van der Waals surface area contributed by atoms with E-state index >= 15 is 0 Å². The summed E-state index contributed by atoms with van der Waals surface area (Å²) in [6.07, 6.45) is 0. The third kappa shape index (κ3) is 3.28. The van der Waals surface area contributed by atoms with Gasteiger partial charge in [0.15, 0.2) is 0 Å². The van der Waals surface area contributed by atoms with Crippen molar-refractivity contribution in [3.05, 3.63) is 46.4 Å². The molecular weight excluding hydrogens is 232 g/mol. The van der Waals surface area contributed by atoms with Crippen LogP contribution in [-0.4, -0.2) is 12.1 Å². The van der Waals surface area contributed by atoms with Crippen LogP contribution in [0.4, 0.5) is 0 Å². The first-order valence-electron chi connectivity index (χ1n) is 5.54. The normalized spacial score (nSPS) is 12.4. The summed E-state index contributed by atoms with van der Waals surface area (Å²) in [5, 5.41) is 5.50. The van der Waals surface area contributed by atoms with E-state index in [-0.39, 0.29) is 6.04 Å². The molecule has 1 aromatic heterocycles. The predicted octanol–water partition coefficient (Wildman–Crippen LogP) is 3.00. The third-order valence-corrected chi connectivity index (χ3v) is 3.30. The Balaban J connectivity index is 1.96. The van der Waals surface area contributed by atoms with Crippen molar-refractivity contribution in [1.82, 2.24) is 10.3 Å². The van der Waals surface area contributed by atoms with Crippen LogP contribution in [0.5, 0.6) is 5.75 Å². The maximum Gasteiger partial charge on any atom is 0.119 e. The van der Waals surface area contributed by atoms with E-state index in [1.807, 2.05) is 17.6 Å². The van der Waals surface area contributed by atoms with Crippen molar-refractivity contribution in [3.8, 4) is 5.75 Å². The number of ether oxygens (including phenoxy) is 1. The summed E-state index contributed by atoms with van der Waals surface area (Å²) >= 11 is 1.62. The second kappa shape index (κ2) is 5.80. The summed E-state index contributed by atoms with van der Waals surface area (Å²) in [7, 11) is 1.69. The number of nitrogens with one attached hydrogen (secondary N) is 1. The van der Waals surface area contributed by atoms with Gasteiger partial charge < -0.3 is 10.1 Å². The van der Waals surface area contributed by atoms with E-state index < -0.39 is 0 Å². The molecule has 0 radical (unpaired) electrons. The van der Waals surface area contributed by atoms with Gasteiger partial charge in [0.2, 0.25) is 0 Å². The number of hydrogen-bond acceptors (Lipinski definition) is 4. The minimum absolute atomic E-state index is 0.284. The van der Waals surface area contributed by atoms with Gasteiger partial charge in [-0.15, -0.1) is 11.3 Å². The fraction of sp³-hybridized carbons (Fsp3) is 0.308. The molecule has 17 heavy (non-hydrogen) atoms. The summed E-state index contributed by atoms with van der Waals surface area (Å²) in [5.41, 5.74) is 4.16. The van der Waals surface area contributed by atoms with Crippen molar-refractivity contribution in [3.63, 3.8) is 0 Å². The maximum atomic E-state index is 5.22. The average molecular weight is 248 g/mol. The molecule has 0 aliphatic rings. The van der Waals surface area contributed by atoms with Crippen molar-refractivity contribution in [2.45, 2.75) is 19.5 Å². The quantitative estimate of drug-likeness (QED) is 0.883. The Labute approximate surface area is 105 Å². The molecule has 1 atom stereocenters. The van der Waals surface area contributed by atoms with Gasteiger partial charge in [0.1, 0.15) is 5.75 Å². The van der Waals surface area contributed by atoms with Gasteiger partial charge in [0, 0.05) is 18.0 Å². The van der Waals surface area contributed by atoms with Gasteiger partial charge in [0.25, 0.3) is 0 Å². The molecule has 3 nitrogen and oxygen atoms in total. The highest BCUT2D eigenvalue weighted by Crippen LogP contribution is 2.19. The van der Waals surface area contributed by atoms with Crippen molar-refractivity contribution in [2.24, 2.45) is 0 Å². The second-order valence-electron chi connectivity index (χ2n) is 3.86. The first kappa shape index (κ1) is 12.1. The molecule has 1 heterocycles. The molecule has 0 saturated heterocycles. The highest BCUT2D eigenvalue weighted by molar-refractivity contribution is 7.07. The van der Waals surface area contributed by atoms with Gasteiger partial charge in [0.05, 0.1) is 18.3 Å². The van der Waals surface area contributed by atoms with E-state index in [9.17, 15) is 0 Å². The Morgan fingerprint density at radius 3 is 3.06 bits per heavy atom. The Hall–Kier alpha value is -1.39. The zero-order chi connectivity index (χ0) is 12.1. The topological polar surface area (TPSA) is 34.1 Å². The van der Waals surface area contributed by atoms with Gasteiger partial charge in [-0.05, 0) is 24.6 Å². The molecule has 0 amide bonds. The van der Waals surface area contributed by atoms with Gasteiger partial charge in [-0.3, -0.25) is 0 Å². The Morgan fingerprint density at radius 1 is 1.47 bits per heavy atom. The van der Waals surface area contributed by atoms with Gasteiger partial charge in [-0.2, -0.15) is 0 Å². The van der Waals surface area contributed by atoms with E-state index in [4.69, 9.17) is 4.74 Å². The van der Waals surface area contributed by atoms with Crippen LogP contribution in [0.15, 0.2) is 35.2 Å². The van der Waals surface area contributed by atoms with E-state index in [0.717, 1.165) is 18.0 Å². The minimum Gasteiger partial charge on any atom is -0.497 e. The molecule has 2 aromatic rings. The van der Waals surface area contributed by atoms with Crippen LogP contribution in [0.25, 0.3) is 0 Å². The Morgan fingerprint density at radius 2 is 2.35 bits per heavy atom. The summed E-state index contributed by atoms with van der Waals surface area (Å²) in [4.78, 5) is 4.25. The van der Waals surface area contributed by atoms with Gasteiger partial charge in [-0.1, -0.05) is 12.1 Å². The van der Waals surface area contributed by atoms with Crippen LogP contribution in [0.1, 0.15) is 24.2 Å². The number of benzene rings is 1. The molecule has 0 spiro atoms. The molecular formula is C13H16N2OS. The molecule has 2 rings (SSSR count). The lowest BCUT2D eigenvalue weighted by Gasteiger charge is -2.14. The lowest BCUT2D eigenvalue weighted by Crippen LogP contribution is -2.18. The maximum absolute atomic E-state index is 5.22. The molecule has 0 fully saturated rings. The first-order chi connectivity index (χ1) is 8.29. The van der Waals surface area contributed by atoms with Crippen LogP contribution in [-0.2, 0) is 6.54 Å². The highest BCUT2D eigenvalue weighted by atomic mass is 32.1. The van der Waals surface area contributed by atoms with Crippen molar-refractivity contribution in [2.75, 3.05) is 7.11 Å². The molecule has 90 valence electrons. The number of aromatic nitrogens is 1. The molecule has 4 heteroatoms. The summed E-state index contributed by atoms with van der Waals surface area (Å²) in [5.74, 6) is 0.893. The van der Waals surface area contributed by atoms with Crippen molar-refractivity contribution >= 4 is 11.3 Å². The molecule has 0 bridgehead atoms. The first-order valence-corrected chi connectivity index (χ1v) is 6.48. The van der Waals surface area contributed by atoms with E-state index in [2.05, 4.69) is 34.7 Å². The lowest BCUT2D eigenvalue weighted by atomic mass is 10.1. The monoisotopic (exact) mass is 248 g/mol. The molecule has 0 aliphatic carbocycles. The smallest absolute Gasteiger partial charge is 0.119 e. The van der Waals surface area contributed by atoms with Gasteiger partial charge >= 0.3 is 0 Å². The average Bonchev–Trinajstić information content (AvgIpc) is 2.89. The number of nitrogens with zero attached hydrogens (tertiary/aromatic N) is 1. The number of hydrogen-bond donors (Lipinski definition) is 1. The van der Waals surface area contributed by atoms with Crippen LogP contribution in [0.3, 0.4) is 0 Å². The minimum atomic E-state index is 0.284. The van der Waals surface area contributed by atoms with Crippen LogP contribution in [0.2, 0.25) is 0 Å². The largest absolute Gasteiger partial charge is 0.497 e. The Bertz CT molecular complexity index is 456. The molecule has 0 saturated carbocycles. The zero-order valence-electron chi connectivity index (χ0n) is 10.0. The summed E-state index contributed by atoms with van der Waals surface area (Å²) in [6, 6.07) is 8.40. The fourth-order valence-corrected chi connectivity index (χ4v) is 2.17. The van der Waals surface area contributed by atoms with Crippen LogP contribution in [0, 0.1) is 0 Å². The molecule has 0 unspecified atom stereocenters. The SMILES string of the molecule is COc1cccc([C@@H](C)NCc2cscn2)c1. The van der Waals surface area contributed by atoms with Crippen molar-refractivity contribution in [1.29, 1.82) is 0 Å². The molecule has 1 N–H and O–H groups in total. The highest BCUT2D eigenvalue weighted by Gasteiger charge is 2.06. The summed E-state index contributed by atoms with van der Waals surface area (Å²) < 4.78 is 5.22. The zero-order valence-corrected chi connectivity index (χ0v) is 10.8. The van der Waals surface area contributed by atoms with E-state index in [1.165, 1.54) is 5.56 Å². The summed E-state index contributed by atoms with van der Waals surface area (Å²) in [6.45, 7) is 2.93. The third-order valence-electron chi connectivity index (χ3n) is 2.67. The number of methoxy groups -OCH3 is 1. The molecule has 0 aliphatic heterocycles. The van der Waals surface area contributed by atoms with E-state index in [0.29, 0.717) is 0 Å². The predicted molar refractivity (Wildman–Crippen MR) is 70.4 cm³/mol.